The molecule has 3 aromatic rings. The summed E-state index contributed by atoms with van der Waals surface area (Å²) in [6.07, 6.45) is -5.97. The van der Waals surface area contributed by atoms with Crippen molar-refractivity contribution in [2.24, 2.45) is 0 Å². The largest absolute Gasteiger partial charge is 0.508 e. The zero-order chi connectivity index (χ0) is 21.6. The molecule has 0 spiro atoms. The van der Waals surface area contributed by atoms with Gasteiger partial charge in [-0.15, -0.1) is 0 Å². The second-order valence-corrected chi connectivity index (χ2v) is 7.14. The van der Waals surface area contributed by atoms with Crippen LogP contribution in [0.3, 0.4) is 0 Å². The van der Waals surface area contributed by atoms with Crippen molar-refractivity contribution >= 4 is 11.0 Å². The Kier molecular flexibility index (Phi) is 5.12. The third kappa shape index (κ3) is 3.59. The fourth-order valence-electron chi connectivity index (χ4n) is 3.34. The van der Waals surface area contributed by atoms with E-state index in [1.807, 2.05) is 0 Å². The quantitative estimate of drug-likeness (QED) is 0.423. The van der Waals surface area contributed by atoms with Gasteiger partial charge in [-0.05, 0) is 31.2 Å². The molecular formula is C21H20O9. The van der Waals surface area contributed by atoms with Crippen molar-refractivity contribution in [2.45, 2.75) is 37.6 Å². The van der Waals surface area contributed by atoms with Crippen LogP contribution in [-0.2, 0) is 4.74 Å². The van der Waals surface area contributed by atoms with Crippen LogP contribution in [0.5, 0.6) is 17.2 Å². The summed E-state index contributed by atoms with van der Waals surface area (Å²) in [4.78, 5) is 12.3. The Morgan fingerprint density at radius 3 is 2.33 bits per heavy atom. The average molecular weight is 416 g/mol. The maximum atomic E-state index is 12.3. The first-order valence-corrected chi connectivity index (χ1v) is 9.21. The van der Waals surface area contributed by atoms with Gasteiger partial charge in [-0.25, -0.2) is 0 Å². The number of phenolic OH excluding ortho intramolecular Hbond substituents is 2. The van der Waals surface area contributed by atoms with E-state index in [4.69, 9.17) is 13.9 Å². The van der Waals surface area contributed by atoms with Crippen LogP contribution in [-0.4, -0.2) is 56.2 Å². The molecule has 0 unspecified atom stereocenters. The Labute approximate surface area is 170 Å². The van der Waals surface area contributed by atoms with E-state index in [1.54, 1.807) is 31.2 Å². The molecule has 4 rings (SSSR count). The molecule has 9 heteroatoms. The van der Waals surface area contributed by atoms with E-state index in [1.165, 1.54) is 12.1 Å². The molecule has 0 bridgehead atoms. The van der Waals surface area contributed by atoms with Crippen LogP contribution >= 0.6 is 0 Å². The van der Waals surface area contributed by atoms with Crippen molar-refractivity contribution in [3.8, 4) is 28.6 Å². The Morgan fingerprint density at radius 1 is 0.933 bits per heavy atom. The summed E-state index contributed by atoms with van der Waals surface area (Å²) in [5.41, 5.74) is 0.0954. The van der Waals surface area contributed by atoms with Gasteiger partial charge in [-0.1, -0.05) is 0 Å². The average Bonchev–Trinajstić information content (AvgIpc) is 2.70. The van der Waals surface area contributed by atoms with E-state index in [-0.39, 0.29) is 28.2 Å². The number of phenols is 2. The Hall–Kier alpha value is -3.11. The number of hydrogen-bond donors (Lipinski definition) is 5. The van der Waals surface area contributed by atoms with Crippen LogP contribution in [0.2, 0.25) is 0 Å². The maximum Gasteiger partial charge on any atom is 0.229 e. The van der Waals surface area contributed by atoms with Crippen LogP contribution < -0.4 is 10.2 Å². The van der Waals surface area contributed by atoms with Crippen LogP contribution in [0.25, 0.3) is 22.3 Å². The second kappa shape index (κ2) is 7.62. The molecule has 2 aromatic carbocycles. The standard InChI is InChI=1S/C21H20O9/c1-9-18(25)19(26)20(27)21(28-9)29-12-4-2-10(3-5-12)15-8-14(24)17-13(23)6-11(22)7-16(17)30-15/h2-9,18-23,25-27H,1H3/t9-,18-,19+,20+,21+/m1/s1. The lowest BCUT2D eigenvalue weighted by Crippen LogP contribution is -2.58. The van der Waals surface area contributed by atoms with E-state index < -0.39 is 36.1 Å². The van der Waals surface area contributed by atoms with Gasteiger partial charge in [0.05, 0.1) is 6.10 Å². The Balaban J connectivity index is 1.59. The number of aromatic hydroxyl groups is 2. The zero-order valence-electron chi connectivity index (χ0n) is 15.8. The van der Waals surface area contributed by atoms with E-state index in [9.17, 15) is 30.3 Å². The molecule has 0 saturated carbocycles. The first kappa shape index (κ1) is 20.2. The van der Waals surface area contributed by atoms with Gasteiger partial charge in [0.15, 0.2) is 5.43 Å². The molecule has 1 fully saturated rings. The summed E-state index contributed by atoms with van der Waals surface area (Å²) >= 11 is 0. The number of rotatable bonds is 3. The lowest BCUT2D eigenvalue weighted by Gasteiger charge is -2.38. The van der Waals surface area contributed by atoms with Crippen molar-refractivity contribution < 1.29 is 39.4 Å². The number of aliphatic hydroxyl groups excluding tert-OH is 3. The Bertz CT molecular complexity index is 1120. The van der Waals surface area contributed by atoms with Gasteiger partial charge in [0.1, 0.15) is 52.3 Å². The molecule has 1 aromatic heterocycles. The summed E-state index contributed by atoms with van der Waals surface area (Å²) in [6, 6.07) is 9.83. The minimum Gasteiger partial charge on any atom is -0.508 e. The highest BCUT2D eigenvalue weighted by Gasteiger charge is 2.43. The number of hydrogen-bond acceptors (Lipinski definition) is 9. The van der Waals surface area contributed by atoms with Gasteiger partial charge < -0.3 is 39.4 Å². The third-order valence-electron chi connectivity index (χ3n) is 4.99. The summed E-state index contributed by atoms with van der Waals surface area (Å²) in [5, 5.41) is 49.1. The molecule has 0 amide bonds. The van der Waals surface area contributed by atoms with Gasteiger partial charge in [0.25, 0.3) is 0 Å². The monoisotopic (exact) mass is 416 g/mol. The smallest absolute Gasteiger partial charge is 0.229 e. The lowest BCUT2D eigenvalue weighted by molar-refractivity contribution is -0.268. The van der Waals surface area contributed by atoms with Crippen molar-refractivity contribution in [2.75, 3.05) is 0 Å². The number of benzene rings is 2. The van der Waals surface area contributed by atoms with Crippen LogP contribution in [0, 0.1) is 0 Å². The SMILES string of the molecule is C[C@H]1O[C@@H](Oc2ccc(-c3cc(=O)c4c(O)cc(O)cc4o3)cc2)[C@@H](O)[C@@H](O)[C@@H]1O. The summed E-state index contributed by atoms with van der Waals surface area (Å²) in [5.74, 6) is -0.0829. The molecule has 9 nitrogen and oxygen atoms in total. The first-order valence-electron chi connectivity index (χ1n) is 9.21. The van der Waals surface area contributed by atoms with E-state index >= 15 is 0 Å². The number of ether oxygens (including phenoxy) is 2. The van der Waals surface area contributed by atoms with Crippen molar-refractivity contribution in [3.63, 3.8) is 0 Å². The summed E-state index contributed by atoms with van der Waals surface area (Å²) < 4.78 is 16.6. The molecule has 1 aliphatic rings. The molecule has 2 heterocycles. The maximum absolute atomic E-state index is 12.3. The van der Waals surface area contributed by atoms with Crippen molar-refractivity contribution in [1.82, 2.24) is 0 Å². The molecular weight excluding hydrogens is 396 g/mol. The molecule has 0 radical (unpaired) electrons. The molecule has 1 saturated heterocycles. The zero-order valence-corrected chi connectivity index (χ0v) is 15.8. The van der Waals surface area contributed by atoms with E-state index in [0.29, 0.717) is 11.3 Å². The van der Waals surface area contributed by atoms with Crippen LogP contribution in [0.4, 0.5) is 0 Å². The van der Waals surface area contributed by atoms with Crippen LogP contribution in [0.15, 0.2) is 51.7 Å². The fourth-order valence-corrected chi connectivity index (χ4v) is 3.34. The highest BCUT2D eigenvalue weighted by Crippen LogP contribution is 2.31. The first-order chi connectivity index (χ1) is 14.2. The molecule has 5 N–H and O–H groups in total. The van der Waals surface area contributed by atoms with Crippen LogP contribution in [0.1, 0.15) is 6.92 Å². The van der Waals surface area contributed by atoms with Crippen molar-refractivity contribution in [3.05, 3.63) is 52.7 Å². The van der Waals surface area contributed by atoms with Gasteiger partial charge in [-0.2, -0.15) is 0 Å². The van der Waals surface area contributed by atoms with Gasteiger partial charge >= 0.3 is 0 Å². The van der Waals surface area contributed by atoms with E-state index in [2.05, 4.69) is 0 Å². The predicted octanol–water partition coefficient (Wildman–Crippen LogP) is 1.08. The lowest BCUT2D eigenvalue weighted by atomic mass is 10.00. The number of aliphatic hydroxyl groups is 3. The van der Waals surface area contributed by atoms with Gasteiger partial charge in [0.2, 0.25) is 6.29 Å². The minimum atomic E-state index is -1.44. The summed E-state index contributed by atoms with van der Waals surface area (Å²) in [7, 11) is 0. The normalized spacial score (nSPS) is 26.6. The number of fused-ring (bicyclic) bond motifs is 1. The minimum absolute atomic E-state index is 0.0326. The molecule has 5 atom stereocenters. The van der Waals surface area contributed by atoms with Crippen molar-refractivity contribution in [1.29, 1.82) is 0 Å². The van der Waals surface area contributed by atoms with Gasteiger partial charge in [0, 0.05) is 23.8 Å². The Morgan fingerprint density at radius 2 is 1.63 bits per heavy atom. The molecule has 30 heavy (non-hydrogen) atoms. The molecule has 158 valence electrons. The molecule has 1 aliphatic heterocycles. The predicted molar refractivity (Wildman–Crippen MR) is 104 cm³/mol. The second-order valence-electron chi connectivity index (χ2n) is 7.14. The third-order valence-corrected chi connectivity index (χ3v) is 4.99. The molecule has 0 aliphatic carbocycles. The fraction of sp³-hybridized carbons (Fsp3) is 0.286. The van der Waals surface area contributed by atoms with Gasteiger partial charge in [-0.3, -0.25) is 4.79 Å². The highest BCUT2D eigenvalue weighted by atomic mass is 16.7. The van der Waals surface area contributed by atoms with E-state index in [0.717, 1.165) is 6.07 Å². The summed E-state index contributed by atoms with van der Waals surface area (Å²) in [6.45, 7) is 1.55. The highest BCUT2D eigenvalue weighted by molar-refractivity contribution is 5.86. The topological polar surface area (TPSA) is 150 Å².